The first kappa shape index (κ1) is 24.2. The quantitative estimate of drug-likeness (QED) is 0.585. The third kappa shape index (κ3) is 5.77. The summed E-state index contributed by atoms with van der Waals surface area (Å²) in [5.74, 6) is -0.913. The van der Waals surface area contributed by atoms with Gasteiger partial charge in [0.15, 0.2) is 6.61 Å². The van der Waals surface area contributed by atoms with Gasteiger partial charge in [-0.15, -0.1) is 0 Å². The van der Waals surface area contributed by atoms with E-state index in [1.165, 1.54) is 28.6 Å². The minimum absolute atomic E-state index is 0.0500. The number of rotatable bonds is 6. The summed E-state index contributed by atoms with van der Waals surface area (Å²) in [5, 5.41) is 0. The number of hydrogen-bond donors (Lipinski definition) is 0. The maximum atomic E-state index is 13.2. The molecule has 1 amide bonds. The van der Waals surface area contributed by atoms with Crippen LogP contribution in [0.5, 0.6) is 0 Å². The van der Waals surface area contributed by atoms with Crippen molar-refractivity contribution >= 4 is 27.6 Å². The second-order valence-corrected chi connectivity index (χ2v) is 10.6. The van der Waals surface area contributed by atoms with E-state index in [1.54, 1.807) is 4.90 Å². The summed E-state index contributed by atoms with van der Waals surface area (Å²) >= 11 is 0. The molecule has 2 fully saturated rings. The molecule has 0 bridgehead atoms. The van der Waals surface area contributed by atoms with Gasteiger partial charge in [0.1, 0.15) is 0 Å². The molecule has 0 spiro atoms. The van der Waals surface area contributed by atoms with Crippen LogP contribution < -0.4 is 4.90 Å². The number of carbonyl (C=O) groups is 2. The second-order valence-electron chi connectivity index (χ2n) is 8.63. The number of likely N-dealkylation sites (tertiary alicyclic amines) is 1. The lowest BCUT2D eigenvalue weighted by Gasteiger charge is -2.35. The van der Waals surface area contributed by atoms with Crippen molar-refractivity contribution in [1.29, 1.82) is 0 Å². The zero-order valence-corrected chi connectivity index (χ0v) is 20.1. The van der Waals surface area contributed by atoms with Gasteiger partial charge in [-0.2, -0.15) is 4.31 Å². The fourth-order valence-electron chi connectivity index (χ4n) is 4.38. The van der Waals surface area contributed by atoms with Gasteiger partial charge in [0.2, 0.25) is 10.0 Å². The number of anilines is 1. The fraction of sp³-hybridized carbons (Fsp3) is 0.440. The molecule has 2 aliphatic heterocycles. The Kier molecular flexibility index (Phi) is 7.84. The molecule has 8 nitrogen and oxygen atoms in total. The van der Waals surface area contributed by atoms with Crippen molar-refractivity contribution in [3.8, 4) is 0 Å². The summed E-state index contributed by atoms with van der Waals surface area (Å²) in [5.41, 5.74) is 1.19. The maximum absolute atomic E-state index is 13.2. The Morgan fingerprint density at radius 2 is 1.47 bits per heavy atom. The Balaban J connectivity index is 1.36. The van der Waals surface area contributed by atoms with Crippen LogP contribution in [0.2, 0.25) is 0 Å². The van der Waals surface area contributed by atoms with E-state index >= 15 is 0 Å². The smallest absolute Gasteiger partial charge is 0.338 e. The molecule has 0 aliphatic carbocycles. The molecule has 34 heavy (non-hydrogen) atoms. The van der Waals surface area contributed by atoms with Gasteiger partial charge in [0.25, 0.3) is 5.91 Å². The Morgan fingerprint density at radius 1 is 0.794 bits per heavy atom. The van der Waals surface area contributed by atoms with Gasteiger partial charge < -0.3 is 14.5 Å². The van der Waals surface area contributed by atoms with E-state index in [1.807, 2.05) is 30.3 Å². The zero-order valence-electron chi connectivity index (χ0n) is 19.3. The van der Waals surface area contributed by atoms with Crippen molar-refractivity contribution in [2.24, 2.45) is 0 Å². The standard InChI is InChI=1S/C25H31N3O5S/c29-24(27-13-6-1-2-7-14-27)20-33-25(30)21-9-8-12-23(19-21)34(31,32)28-17-15-26(16-18-28)22-10-4-3-5-11-22/h3-5,8-12,19H,1-2,6-7,13-18,20H2. The lowest BCUT2D eigenvalue weighted by molar-refractivity contribution is -0.134. The molecule has 0 aromatic heterocycles. The number of carbonyl (C=O) groups excluding carboxylic acids is 2. The fourth-order valence-corrected chi connectivity index (χ4v) is 5.85. The minimum atomic E-state index is -3.75. The van der Waals surface area contributed by atoms with Crippen molar-refractivity contribution in [2.45, 2.75) is 30.6 Å². The van der Waals surface area contributed by atoms with Gasteiger partial charge in [-0.05, 0) is 43.2 Å². The Morgan fingerprint density at radius 3 is 2.15 bits per heavy atom. The van der Waals surface area contributed by atoms with Crippen LogP contribution in [0.25, 0.3) is 0 Å². The first-order chi connectivity index (χ1) is 16.4. The average Bonchev–Trinajstić information content (AvgIpc) is 3.17. The summed E-state index contributed by atoms with van der Waals surface area (Å²) < 4.78 is 33.1. The summed E-state index contributed by atoms with van der Waals surface area (Å²) in [6.45, 7) is 2.92. The Labute approximate surface area is 201 Å². The van der Waals surface area contributed by atoms with Gasteiger partial charge in [0, 0.05) is 45.0 Å². The van der Waals surface area contributed by atoms with Crippen molar-refractivity contribution < 1.29 is 22.7 Å². The predicted octanol–water partition coefficient (Wildman–Crippen LogP) is 2.76. The molecule has 2 aromatic carbocycles. The van der Waals surface area contributed by atoms with Crippen LogP contribution in [0, 0.1) is 0 Å². The monoisotopic (exact) mass is 485 g/mol. The average molecular weight is 486 g/mol. The molecular weight excluding hydrogens is 454 g/mol. The molecule has 0 saturated carbocycles. The van der Waals surface area contributed by atoms with Crippen molar-refractivity contribution in [1.82, 2.24) is 9.21 Å². The number of para-hydroxylation sites is 1. The van der Waals surface area contributed by atoms with Crippen LogP contribution in [0.3, 0.4) is 0 Å². The first-order valence-electron chi connectivity index (χ1n) is 11.8. The molecule has 0 unspecified atom stereocenters. The van der Waals surface area contributed by atoms with E-state index in [0.717, 1.165) is 31.4 Å². The van der Waals surface area contributed by atoms with Crippen LogP contribution in [-0.2, 0) is 19.6 Å². The molecule has 2 saturated heterocycles. The SMILES string of the molecule is O=C(OCC(=O)N1CCCCCC1)c1cccc(S(=O)(=O)N2CCN(c3ccccc3)CC2)c1. The number of benzene rings is 2. The Bertz CT molecular complexity index is 1090. The topological polar surface area (TPSA) is 87.2 Å². The van der Waals surface area contributed by atoms with Gasteiger partial charge >= 0.3 is 5.97 Å². The molecule has 2 aromatic rings. The number of esters is 1. The molecule has 2 aliphatic rings. The third-order valence-electron chi connectivity index (χ3n) is 6.35. The highest BCUT2D eigenvalue weighted by Gasteiger charge is 2.29. The largest absolute Gasteiger partial charge is 0.452 e. The first-order valence-corrected chi connectivity index (χ1v) is 13.2. The number of piperazine rings is 1. The van der Waals surface area contributed by atoms with E-state index in [2.05, 4.69) is 4.90 Å². The van der Waals surface area contributed by atoms with Gasteiger partial charge in [-0.25, -0.2) is 13.2 Å². The van der Waals surface area contributed by atoms with Crippen LogP contribution in [0.4, 0.5) is 5.69 Å². The molecule has 182 valence electrons. The lowest BCUT2D eigenvalue weighted by Crippen LogP contribution is -2.48. The van der Waals surface area contributed by atoms with Gasteiger partial charge in [0.05, 0.1) is 10.5 Å². The molecule has 2 heterocycles. The summed E-state index contributed by atoms with van der Waals surface area (Å²) in [7, 11) is -3.75. The number of hydrogen-bond acceptors (Lipinski definition) is 6. The Hall–Kier alpha value is -2.91. The molecule has 4 rings (SSSR count). The van der Waals surface area contributed by atoms with Crippen LogP contribution in [-0.4, -0.2) is 75.4 Å². The molecule has 0 N–H and O–H groups in total. The lowest BCUT2D eigenvalue weighted by atomic mass is 10.2. The van der Waals surface area contributed by atoms with E-state index in [9.17, 15) is 18.0 Å². The maximum Gasteiger partial charge on any atom is 0.338 e. The van der Waals surface area contributed by atoms with Crippen LogP contribution in [0.1, 0.15) is 36.0 Å². The van der Waals surface area contributed by atoms with E-state index in [0.29, 0.717) is 39.3 Å². The summed E-state index contributed by atoms with van der Waals surface area (Å²) in [4.78, 5) is 28.9. The van der Waals surface area contributed by atoms with E-state index in [4.69, 9.17) is 4.74 Å². The van der Waals surface area contributed by atoms with Crippen molar-refractivity contribution in [3.05, 3.63) is 60.2 Å². The highest BCUT2D eigenvalue weighted by atomic mass is 32.2. The van der Waals surface area contributed by atoms with Crippen LogP contribution >= 0.6 is 0 Å². The van der Waals surface area contributed by atoms with Crippen molar-refractivity contribution in [2.75, 3.05) is 50.8 Å². The van der Waals surface area contributed by atoms with Gasteiger partial charge in [-0.1, -0.05) is 37.1 Å². The highest BCUT2D eigenvalue weighted by molar-refractivity contribution is 7.89. The second kappa shape index (κ2) is 11.0. The number of nitrogens with zero attached hydrogens (tertiary/aromatic N) is 3. The van der Waals surface area contributed by atoms with E-state index in [-0.39, 0.29) is 23.0 Å². The predicted molar refractivity (Wildman–Crippen MR) is 129 cm³/mol. The van der Waals surface area contributed by atoms with Gasteiger partial charge in [-0.3, -0.25) is 4.79 Å². The third-order valence-corrected chi connectivity index (χ3v) is 8.25. The number of ether oxygens (including phenoxy) is 1. The molecule has 0 atom stereocenters. The molecule has 9 heteroatoms. The molecular formula is C25H31N3O5S. The minimum Gasteiger partial charge on any atom is -0.452 e. The summed E-state index contributed by atoms with van der Waals surface area (Å²) in [6.07, 6.45) is 4.12. The normalized spacial score (nSPS) is 17.8. The van der Waals surface area contributed by atoms with Crippen molar-refractivity contribution in [3.63, 3.8) is 0 Å². The summed E-state index contributed by atoms with van der Waals surface area (Å²) in [6, 6.07) is 15.7. The molecule has 0 radical (unpaired) electrons. The van der Waals surface area contributed by atoms with Crippen LogP contribution in [0.15, 0.2) is 59.5 Å². The number of amides is 1. The van der Waals surface area contributed by atoms with E-state index < -0.39 is 16.0 Å². The number of sulfonamides is 1. The highest BCUT2D eigenvalue weighted by Crippen LogP contribution is 2.22. The zero-order chi connectivity index (χ0) is 24.0.